The van der Waals surface area contributed by atoms with Crippen LogP contribution in [-0.4, -0.2) is 27.5 Å². The molecule has 0 saturated heterocycles. The van der Waals surface area contributed by atoms with E-state index in [1.807, 2.05) is 12.1 Å². The molecule has 8 heteroatoms. The number of hydrogen-bond acceptors (Lipinski definition) is 4. The normalized spacial score (nSPS) is 15.2. The van der Waals surface area contributed by atoms with Crippen LogP contribution in [0.3, 0.4) is 0 Å². The van der Waals surface area contributed by atoms with Gasteiger partial charge in [0.2, 0.25) is 10.0 Å². The van der Waals surface area contributed by atoms with Crippen LogP contribution in [0.2, 0.25) is 0 Å². The lowest BCUT2D eigenvalue weighted by molar-refractivity contribution is 0.102. The van der Waals surface area contributed by atoms with E-state index in [4.69, 9.17) is 4.74 Å². The quantitative estimate of drug-likeness (QED) is 0.663. The van der Waals surface area contributed by atoms with Gasteiger partial charge in [0.25, 0.3) is 5.91 Å². The van der Waals surface area contributed by atoms with Crippen LogP contribution in [0.4, 0.5) is 5.69 Å². The van der Waals surface area contributed by atoms with Crippen molar-refractivity contribution >= 4 is 37.5 Å². The Balaban J connectivity index is 1.87. The van der Waals surface area contributed by atoms with Gasteiger partial charge in [-0.25, -0.2) is 13.1 Å². The number of hydrogen-bond donors (Lipinski definition) is 2. The van der Waals surface area contributed by atoms with Crippen molar-refractivity contribution in [3.63, 3.8) is 0 Å². The van der Waals surface area contributed by atoms with E-state index >= 15 is 0 Å². The van der Waals surface area contributed by atoms with Gasteiger partial charge in [-0.15, -0.1) is 0 Å². The van der Waals surface area contributed by atoms with Gasteiger partial charge in [-0.2, -0.15) is 0 Å². The van der Waals surface area contributed by atoms with Gasteiger partial charge in [-0.1, -0.05) is 31.4 Å². The minimum absolute atomic E-state index is 0.0275. The summed E-state index contributed by atoms with van der Waals surface area (Å²) < 4.78 is 34.6. The van der Waals surface area contributed by atoms with Gasteiger partial charge in [-0.05, 0) is 59.1 Å². The van der Waals surface area contributed by atoms with Crippen molar-refractivity contribution in [2.75, 3.05) is 12.4 Å². The lowest BCUT2D eigenvalue weighted by atomic mass is 9.96. The van der Waals surface area contributed by atoms with Gasteiger partial charge in [0.15, 0.2) is 0 Å². The highest BCUT2D eigenvalue weighted by Gasteiger charge is 2.26. The van der Waals surface area contributed by atoms with Crippen LogP contribution in [0.1, 0.15) is 42.5 Å². The average Bonchev–Trinajstić information content (AvgIpc) is 2.69. The number of amides is 1. The molecule has 0 atom stereocenters. The van der Waals surface area contributed by atoms with Gasteiger partial charge in [-0.3, -0.25) is 4.79 Å². The second kappa shape index (κ2) is 9.07. The van der Waals surface area contributed by atoms with Crippen LogP contribution in [-0.2, 0) is 10.0 Å². The summed E-state index contributed by atoms with van der Waals surface area (Å²) in [6.07, 6.45) is 4.80. The maximum Gasteiger partial charge on any atom is 0.255 e. The van der Waals surface area contributed by atoms with Gasteiger partial charge < -0.3 is 10.1 Å². The number of carbonyl (C=O) groups is 1. The summed E-state index contributed by atoms with van der Waals surface area (Å²) in [5.74, 6) is -0.190. The summed E-state index contributed by atoms with van der Waals surface area (Å²) in [7, 11) is -2.39. The molecule has 0 unspecified atom stereocenters. The first-order chi connectivity index (χ1) is 13.4. The Labute approximate surface area is 173 Å². The van der Waals surface area contributed by atoms with E-state index in [1.165, 1.54) is 19.2 Å². The molecule has 1 aliphatic rings. The number of ether oxygens (including phenoxy) is 1. The van der Waals surface area contributed by atoms with E-state index in [-0.39, 0.29) is 22.3 Å². The summed E-state index contributed by atoms with van der Waals surface area (Å²) >= 11 is 3.38. The third kappa shape index (κ3) is 4.92. The highest BCUT2D eigenvalue weighted by atomic mass is 79.9. The predicted molar refractivity (Wildman–Crippen MR) is 112 cm³/mol. The third-order valence-electron chi connectivity index (χ3n) is 4.76. The lowest BCUT2D eigenvalue weighted by Gasteiger charge is -2.23. The molecule has 0 bridgehead atoms. The van der Waals surface area contributed by atoms with Crippen LogP contribution < -0.4 is 14.8 Å². The van der Waals surface area contributed by atoms with Crippen molar-refractivity contribution in [3.8, 4) is 5.75 Å². The topological polar surface area (TPSA) is 84.5 Å². The number of nitrogens with one attached hydrogen (secondary N) is 2. The van der Waals surface area contributed by atoms with E-state index in [1.54, 1.807) is 18.2 Å². The number of sulfonamides is 1. The van der Waals surface area contributed by atoms with Crippen molar-refractivity contribution in [2.24, 2.45) is 0 Å². The Morgan fingerprint density at radius 3 is 2.50 bits per heavy atom. The Hall–Kier alpha value is -1.90. The second-order valence-corrected chi connectivity index (χ2v) is 9.29. The molecule has 2 aromatic carbocycles. The minimum atomic E-state index is -3.80. The molecule has 6 nitrogen and oxygen atoms in total. The molecule has 3 rings (SSSR count). The standard InChI is InChI=1S/C20H23BrN2O4S/c1-27-18-12-11-14(20(24)22-17-10-6-5-9-16(17)21)13-19(18)28(25,26)23-15-7-3-2-4-8-15/h5-6,9-13,15,23H,2-4,7-8H2,1H3,(H,22,24). The SMILES string of the molecule is COc1ccc(C(=O)Nc2ccccc2Br)cc1S(=O)(=O)NC1CCCCC1. The van der Waals surface area contributed by atoms with Crippen molar-refractivity contribution in [1.82, 2.24) is 4.72 Å². The zero-order valence-corrected chi connectivity index (χ0v) is 18.0. The lowest BCUT2D eigenvalue weighted by Crippen LogP contribution is -2.36. The fourth-order valence-electron chi connectivity index (χ4n) is 3.29. The Morgan fingerprint density at radius 1 is 1.11 bits per heavy atom. The summed E-state index contributed by atoms with van der Waals surface area (Å²) in [6, 6.07) is 11.5. The first-order valence-electron chi connectivity index (χ1n) is 9.17. The summed E-state index contributed by atoms with van der Waals surface area (Å²) in [6.45, 7) is 0. The van der Waals surface area contributed by atoms with Gasteiger partial charge >= 0.3 is 0 Å². The second-order valence-electron chi connectivity index (χ2n) is 6.76. The smallest absolute Gasteiger partial charge is 0.255 e. The zero-order chi connectivity index (χ0) is 20.1. The molecule has 1 aliphatic carbocycles. The summed E-state index contributed by atoms with van der Waals surface area (Å²) in [4.78, 5) is 12.6. The van der Waals surface area contributed by atoms with Crippen LogP contribution in [0, 0.1) is 0 Å². The molecule has 150 valence electrons. The molecule has 0 heterocycles. The maximum absolute atomic E-state index is 12.9. The predicted octanol–water partition coefficient (Wildman–Crippen LogP) is 4.32. The summed E-state index contributed by atoms with van der Waals surface area (Å²) in [5, 5.41) is 2.78. The molecule has 0 aromatic heterocycles. The molecule has 0 aliphatic heterocycles. The van der Waals surface area contributed by atoms with Crippen LogP contribution in [0.5, 0.6) is 5.75 Å². The number of para-hydroxylation sites is 1. The molecule has 2 aromatic rings. The van der Waals surface area contributed by atoms with E-state index in [0.29, 0.717) is 5.69 Å². The number of anilines is 1. The first kappa shape index (κ1) is 20.8. The van der Waals surface area contributed by atoms with Crippen molar-refractivity contribution in [3.05, 3.63) is 52.5 Å². The van der Waals surface area contributed by atoms with Crippen molar-refractivity contribution in [1.29, 1.82) is 0 Å². The number of methoxy groups -OCH3 is 1. The van der Waals surface area contributed by atoms with E-state index in [2.05, 4.69) is 26.0 Å². The Kier molecular flexibility index (Phi) is 6.74. The zero-order valence-electron chi connectivity index (χ0n) is 15.6. The highest BCUT2D eigenvalue weighted by molar-refractivity contribution is 9.10. The Morgan fingerprint density at radius 2 is 1.82 bits per heavy atom. The van der Waals surface area contributed by atoms with Gasteiger partial charge in [0, 0.05) is 16.1 Å². The molecule has 0 spiro atoms. The van der Waals surface area contributed by atoms with E-state index < -0.39 is 15.9 Å². The molecule has 0 radical (unpaired) electrons. The Bertz CT molecular complexity index is 956. The molecule has 1 fully saturated rings. The summed E-state index contributed by atoms with van der Waals surface area (Å²) in [5.41, 5.74) is 0.841. The van der Waals surface area contributed by atoms with E-state index in [0.717, 1.165) is 36.6 Å². The molecular weight excluding hydrogens is 444 g/mol. The molecule has 28 heavy (non-hydrogen) atoms. The molecular formula is C20H23BrN2O4S. The first-order valence-corrected chi connectivity index (χ1v) is 11.4. The monoisotopic (exact) mass is 466 g/mol. The number of halogens is 1. The fourth-order valence-corrected chi connectivity index (χ4v) is 5.17. The number of benzene rings is 2. The van der Waals surface area contributed by atoms with E-state index in [9.17, 15) is 13.2 Å². The van der Waals surface area contributed by atoms with Crippen molar-refractivity contribution < 1.29 is 17.9 Å². The number of rotatable bonds is 6. The fraction of sp³-hybridized carbons (Fsp3) is 0.350. The maximum atomic E-state index is 12.9. The number of carbonyl (C=O) groups excluding carboxylic acids is 1. The molecule has 2 N–H and O–H groups in total. The average molecular weight is 467 g/mol. The largest absolute Gasteiger partial charge is 0.495 e. The van der Waals surface area contributed by atoms with Crippen LogP contribution in [0.15, 0.2) is 51.8 Å². The minimum Gasteiger partial charge on any atom is -0.495 e. The highest BCUT2D eigenvalue weighted by Crippen LogP contribution is 2.28. The molecule has 1 saturated carbocycles. The van der Waals surface area contributed by atoms with Crippen LogP contribution >= 0.6 is 15.9 Å². The van der Waals surface area contributed by atoms with Crippen molar-refractivity contribution in [2.45, 2.75) is 43.0 Å². The van der Waals surface area contributed by atoms with Gasteiger partial charge in [0.1, 0.15) is 10.6 Å². The third-order valence-corrected chi connectivity index (χ3v) is 7.00. The molecule has 1 amide bonds. The van der Waals surface area contributed by atoms with Gasteiger partial charge in [0.05, 0.1) is 12.8 Å². The van der Waals surface area contributed by atoms with Crippen LogP contribution in [0.25, 0.3) is 0 Å².